The summed E-state index contributed by atoms with van der Waals surface area (Å²) in [6.07, 6.45) is 2.61. The number of piperidine rings is 1. The van der Waals surface area contributed by atoms with Crippen LogP contribution in [0.3, 0.4) is 0 Å². The second kappa shape index (κ2) is 8.52. The van der Waals surface area contributed by atoms with E-state index in [4.69, 9.17) is 9.47 Å². The fourth-order valence-electron chi connectivity index (χ4n) is 3.83. The Bertz CT molecular complexity index is 704. The predicted molar refractivity (Wildman–Crippen MR) is 101 cm³/mol. The van der Waals surface area contributed by atoms with Crippen molar-refractivity contribution in [3.8, 4) is 5.75 Å². The molecule has 2 aliphatic heterocycles. The monoisotopic (exact) mass is 373 g/mol. The summed E-state index contributed by atoms with van der Waals surface area (Å²) in [5.41, 5.74) is 0.993. The second-order valence-corrected chi connectivity index (χ2v) is 7.18. The van der Waals surface area contributed by atoms with E-state index in [1.165, 1.54) is 5.01 Å². The van der Waals surface area contributed by atoms with Gasteiger partial charge in [-0.2, -0.15) is 5.10 Å². The van der Waals surface area contributed by atoms with E-state index in [1.807, 2.05) is 29.2 Å². The number of benzene rings is 1. The van der Waals surface area contributed by atoms with E-state index in [-0.39, 0.29) is 30.4 Å². The van der Waals surface area contributed by atoms with Gasteiger partial charge >= 0.3 is 5.97 Å². The van der Waals surface area contributed by atoms with Crippen LogP contribution in [0.25, 0.3) is 0 Å². The van der Waals surface area contributed by atoms with Crippen molar-refractivity contribution in [1.29, 1.82) is 0 Å². The van der Waals surface area contributed by atoms with Gasteiger partial charge in [0.25, 0.3) is 0 Å². The fraction of sp³-hybridized carbons (Fsp3) is 0.550. The number of carbonyl (C=O) groups excluding carboxylic acids is 2. The second-order valence-electron chi connectivity index (χ2n) is 7.18. The zero-order valence-corrected chi connectivity index (χ0v) is 16.1. The summed E-state index contributed by atoms with van der Waals surface area (Å²) < 4.78 is 10.2. The first kappa shape index (κ1) is 19.4. The minimum absolute atomic E-state index is 0.0127. The van der Waals surface area contributed by atoms with E-state index in [0.717, 1.165) is 24.3 Å². The van der Waals surface area contributed by atoms with Crippen molar-refractivity contribution >= 4 is 18.1 Å². The van der Waals surface area contributed by atoms with Crippen LogP contribution >= 0.6 is 0 Å². The van der Waals surface area contributed by atoms with E-state index < -0.39 is 0 Å². The summed E-state index contributed by atoms with van der Waals surface area (Å²) in [5, 5.41) is 5.93. The van der Waals surface area contributed by atoms with Gasteiger partial charge < -0.3 is 9.47 Å². The van der Waals surface area contributed by atoms with Gasteiger partial charge in [-0.1, -0.05) is 19.1 Å². The van der Waals surface area contributed by atoms with Crippen molar-refractivity contribution in [3.63, 3.8) is 0 Å². The van der Waals surface area contributed by atoms with Gasteiger partial charge in [0.2, 0.25) is 5.91 Å². The van der Waals surface area contributed by atoms with Crippen LogP contribution < -0.4 is 4.74 Å². The maximum absolute atomic E-state index is 13.0. The molecule has 0 aromatic heterocycles. The molecule has 0 spiro atoms. The molecule has 7 heteroatoms. The third-order valence-electron chi connectivity index (χ3n) is 5.10. The van der Waals surface area contributed by atoms with Crippen LogP contribution in [0.1, 0.15) is 25.8 Å². The molecular weight excluding hydrogens is 346 g/mol. The zero-order valence-electron chi connectivity index (χ0n) is 16.1. The standard InChI is InChI=1S/C20H27N3O4/c1-4-27-19(24)13-22-11-14(2)9-17-18(22)10-21-23(20(17)25)12-15-5-7-16(26-3)8-6-15/h5-8,10,14,17-18H,4,9,11-13H2,1-3H3. The number of rotatable bonds is 6. The topological polar surface area (TPSA) is 71.4 Å². The molecule has 0 saturated carbocycles. The number of nitrogens with zero attached hydrogens (tertiary/aromatic N) is 3. The molecule has 0 aliphatic carbocycles. The maximum Gasteiger partial charge on any atom is 0.320 e. The average Bonchev–Trinajstić information content (AvgIpc) is 2.65. The number of amides is 1. The third-order valence-corrected chi connectivity index (χ3v) is 5.10. The molecule has 3 unspecified atom stereocenters. The highest BCUT2D eigenvalue weighted by Gasteiger charge is 2.42. The molecule has 2 heterocycles. The summed E-state index contributed by atoms with van der Waals surface area (Å²) in [4.78, 5) is 27.0. The minimum Gasteiger partial charge on any atom is -0.497 e. The number of esters is 1. The molecule has 3 atom stereocenters. The molecule has 1 saturated heterocycles. The van der Waals surface area contributed by atoms with E-state index in [2.05, 4.69) is 12.0 Å². The van der Waals surface area contributed by atoms with Gasteiger partial charge in [-0.3, -0.25) is 14.5 Å². The number of ether oxygens (including phenoxy) is 2. The van der Waals surface area contributed by atoms with Crippen LogP contribution in [0.4, 0.5) is 0 Å². The van der Waals surface area contributed by atoms with Gasteiger partial charge in [0.05, 0.1) is 38.8 Å². The number of hydrogen-bond acceptors (Lipinski definition) is 6. The summed E-state index contributed by atoms with van der Waals surface area (Å²) in [5.74, 6) is 0.687. The number of fused-ring (bicyclic) bond motifs is 1. The molecule has 2 aliphatic rings. The van der Waals surface area contributed by atoms with Crippen molar-refractivity contribution in [3.05, 3.63) is 29.8 Å². The van der Waals surface area contributed by atoms with Crippen molar-refractivity contribution in [2.45, 2.75) is 32.9 Å². The van der Waals surface area contributed by atoms with Gasteiger partial charge in [-0.25, -0.2) is 5.01 Å². The lowest BCUT2D eigenvalue weighted by molar-refractivity contribution is -0.149. The van der Waals surface area contributed by atoms with Crippen molar-refractivity contribution in [2.24, 2.45) is 16.9 Å². The highest BCUT2D eigenvalue weighted by molar-refractivity contribution is 5.88. The molecule has 3 rings (SSSR count). The van der Waals surface area contributed by atoms with E-state index in [9.17, 15) is 9.59 Å². The summed E-state index contributed by atoms with van der Waals surface area (Å²) in [7, 11) is 1.62. The van der Waals surface area contributed by atoms with Gasteiger partial charge in [0.15, 0.2) is 0 Å². The first-order valence-electron chi connectivity index (χ1n) is 9.40. The third kappa shape index (κ3) is 4.47. The summed E-state index contributed by atoms with van der Waals surface area (Å²) in [6, 6.07) is 7.47. The van der Waals surface area contributed by atoms with Gasteiger partial charge in [0, 0.05) is 12.8 Å². The normalized spacial score (nSPS) is 25.2. The Morgan fingerprint density at radius 2 is 2.04 bits per heavy atom. The van der Waals surface area contributed by atoms with E-state index in [0.29, 0.717) is 19.1 Å². The Morgan fingerprint density at radius 1 is 1.30 bits per heavy atom. The first-order valence-corrected chi connectivity index (χ1v) is 9.40. The van der Waals surface area contributed by atoms with Crippen LogP contribution in [0.2, 0.25) is 0 Å². The quantitative estimate of drug-likeness (QED) is 0.713. The van der Waals surface area contributed by atoms with Gasteiger partial charge in [-0.15, -0.1) is 0 Å². The fourth-order valence-corrected chi connectivity index (χ4v) is 3.83. The molecule has 1 amide bonds. The Hall–Kier alpha value is -2.41. The molecule has 0 bridgehead atoms. The maximum atomic E-state index is 13.0. The molecule has 1 fully saturated rings. The number of carbonyl (C=O) groups is 2. The van der Waals surface area contributed by atoms with Crippen molar-refractivity contribution in [1.82, 2.24) is 9.91 Å². The van der Waals surface area contributed by atoms with E-state index in [1.54, 1.807) is 20.2 Å². The predicted octanol–water partition coefficient (Wildman–Crippen LogP) is 1.91. The van der Waals surface area contributed by atoms with Crippen LogP contribution in [0.15, 0.2) is 29.4 Å². The Morgan fingerprint density at radius 3 is 2.70 bits per heavy atom. The van der Waals surface area contributed by atoms with Crippen LogP contribution in [-0.2, 0) is 20.9 Å². The lowest BCUT2D eigenvalue weighted by Gasteiger charge is -2.44. The largest absolute Gasteiger partial charge is 0.497 e. The molecule has 7 nitrogen and oxygen atoms in total. The number of hydrogen-bond donors (Lipinski definition) is 0. The SMILES string of the molecule is CCOC(=O)CN1CC(C)CC2C(=O)N(Cc3ccc(OC)cc3)N=CC21. The Labute approximate surface area is 159 Å². The number of methoxy groups -OCH3 is 1. The minimum atomic E-state index is -0.258. The molecular formula is C20H27N3O4. The lowest BCUT2D eigenvalue weighted by Crippen LogP contribution is -2.57. The van der Waals surface area contributed by atoms with Crippen molar-refractivity contribution in [2.75, 3.05) is 26.8 Å². The van der Waals surface area contributed by atoms with Crippen LogP contribution in [0.5, 0.6) is 5.75 Å². The van der Waals surface area contributed by atoms with Gasteiger partial charge in [0.1, 0.15) is 5.75 Å². The molecule has 1 aromatic carbocycles. The van der Waals surface area contributed by atoms with Crippen LogP contribution in [-0.4, -0.2) is 60.8 Å². The van der Waals surface area contributed by atoms with Gasteiger partial charge in [-0.05, 0) is 37.0 Å². The first-order chi connectivity index (χ1) is 13.0. The van der Waals surface area contributed by atoms with Crippen LogP contribution in [0, 0.1) is 11.8 Å². The average molecular weight is 373 g/mol. The van der Waals surface area contributed by atoms with E-state index >= 15 is 0 Å². The summed E-state index contributed by atoms with van der Waals surface area (Å²) >= 11 is 0. The lowest BCUT2D eigenvalue weighted by atomic mass is 9.82. The highest BCUT2D eigenvalue weighted by atomic mass is 16.5. The number of likely N-dealkylation sites (tertiary alicyclic amines) is 1. The zero-order chi connectivity index (χ0) is 19.4. The molecule has 0 N–H and O–H groups in total. The number of hydrazone groups is 1. The molecule has 1 aromatic rings. The summed E-state index contributed by atoms with van der Waals surface area (Å²) in [6.45, 7) is 5.64. The molecule has 0 radical (unpaired) electrons. The molecule has 146 valence electrons. The smallest absolute Gasteiger partial charge is 0.320 e. The highest BCUT2D eigenvalue weighted by Crippen LogP contribution is 2.31. The Kier molecular flexibility index (Phi) is 6.11. The molecule has 27 heavy (non-hydrogen) atoms. The van der Waals surface area contributed by atoms with Crippen molar-refractivity contribution < 1.29 is 19.1 Å². The Balaban J connectivity index is 1.72.